The fourth-order valence-electron chi connectivity index (χ4n) is 1.31. The van der Waals surface area contributed by atoms with Gasteiger partial charge in [-0.2, -0.15) is 0 Å². The summed E-state index contributed by atoms with van der Waals surface area (Å²) >= 11 is 0. The summed E-state index contributed by atoms with van der Waals surface area (Å²) in [6, 6.07) is 0. The molecule has 1 unspecified atom stereocenters. The first-order chi connectivity index (χ1) is 4.18. The van der Waals surface area contributed by atoms with Crippen LogP contribution in [0.3, 0.4) is 0 Å². The third-order valence-corrected chi connectivity index (χ3v) is 1.70. The molecule has 0 heterocycles. The summed E-state index contributed by atoms with van der Waals surface area (Å²) in [5.74, 6) is 0.856. The number of hydrogen-bond donors (Lipinski definition) is 1. The number of aliphatic hydroxyl groups is 1. The minimum absolute atomic E-state index is 0.243. The Kier molecular flexibility index (Phi) is 1.91. The van der Waals surface area contributed by atoms with Crippen LogP contribution in [-0.2, 0) is 0 Å². The molecule has 0 aliphatic heterocycles. The van der Waals surface area contributed by atoms with Gasteiger partial charge in [-0.05, 0) is 25.7 Å². The Morgan fingerprint density at radius 1 is 1.67 bits per heavy atom. The van der Waals surface area contributed by atoms with E-state index in [-0.39, 0.29) is 6.10 Å². The molecule has 1 nitrogen and oxygen atoms in total. The Morgan fingerprint density at radius 3 is 2.56 bits per heavy atom. The lowest BCUT2D eigenvalue weighted by Crippen LogP contribution is -2.12. The molecular weight excluding hydrogens is 112 g/mol. The van der Waals surface area contributed by atoms with E-state index in [1.165, 1.54) is 18.4 Å². The highest BCUT2D eigenvalue weighted by Crippen LogP contribution is 2.32. The van der Waals surface area contributed by atoms with Crippen molar-refractivity contribution in [2.45, 2.75) is 32.8 Å². The molecule has 0 aromatic heterocycles. The van der Waals surface area contributed by atoms with Crippen molar-refractivity contribution in [1.82, 2.24) is 0 Å². The molecule has 0 spiro atoms. The Hall–Kier alpha value is -0.300. The molecule has 0 amide bonds. The molecule has 1 aliphatic rings. The largest absolute Gasteiger partial charge is 0.389 e. The summed E-state index contributed by atoms with van der Waals surface area (Å²) in [7, 11) is 0. The van der Waals surface area contributed by atoms with Gasteiger partial charge in [-0.3, -0.25) is 0 Å². The highest BCUT2D eigenvalue weighted by atomic mass is 16.3. The maximum absolute atomic E-state index is 8.90. The Bertz CT molecular complexity index is 117. The summed E-state index contributed by atoms with van der Waals surface area (Å²) < 4.78 is 0. The van der Waals surface area contributed by atoms with E-state index in [4.69, 9.17) is 5.11 Å². The Balaban J connectivity index is 2.30. The van der Waals surface area contributed by atoms with Crippen LogP contribution >= 0.6 is 0 Å². The fourth-order valence-corrected chi connectivity index (χ4v) is 1.31. The molecular formula is C8H14O. The number of rotatable bonds is 1. The van der Waals surface area contributed by atoms with Crippen LogP contribution in [0.2, 0.25) is 0 Å². The predicted octanol–water partition coefficient (Wildman–Crippen LogP) is 1.72. The molecule has 52 valence electrons. The lowest BCUT2D eigenvalue weighted by atomic mass is 9.81. The minimum atomic E-state index is -0.243. The van der Waals surface area contributed by atoms with Crippen LogP contribution in [0, 0.1) is 5.92 Å². The van der Waals surface area contributed by atoms with Crippen LogP contribution in [0.1, 0.15) is 26.7 Å². The molecule has 1 fully saturated rings. The molecule has 0 aromatic rings. The molecule has 1 N–H and O–H groups in total. The van der Waals surface area contributed by atoms with E-state index in [1.807, 2.05) is 6.08 Å². The van der Waals surface area contributed by atoms with Crippen LogP contribution in [0.4, 0.5) is 0 Å². The van der Waals surface area contributed by atoms with Crippen molar-refractivity contribution in [3.8, 4) is 0 Å². The van der Waals surface area contributed by atoms with Crippen LogP contribution in [0.5, 0.6) is 0 Å². The molecule has 1 atom stereocenters. The van der Waals surface area contributed by atoms with Gasteiger partial charge in [0.15, 0.2) is 0 Å². The average molecular weight is 126 g/mol. The molecule has 1 saturated carbocycles. The Labute approximate surface area is 56.4 Å². The van der Waals surface area contributed by atoms with E-state index in [0.29, 0.717) is 0 Å². The summed E-state index contributed by atoms with van der Waals surface area (Å²) in [5.41, 5.74) is 1.43. The first kappa shape index (κ1) is 6.81. The van der Waals surface area contributed by atoms with Gasteiger partial charge in [-0.25, -0.2) is 0 Å². The van der Waals surface area contributed by atoms with Gasteiger partial charge in [0.1, 0.15) is 0 Å². The first-order valence-corrected chi connectivity index (χ1v) is 3.56. The summed E-state index contributed by atoms with van der Waals surface area (Å²) in [6.45, 7) is 4.04. The van der Waals surface area contributed by atoms with Crippen LogP contribution in [0.25, 0.3) is 0 Å². The molecule has 9 heavy (non-hydrogen) atoms. The van der Waals surface area contributed by atoms with Crippen LogP contribution in [-0.4, -0.2) is 11.2 Å². The maximum Gasteiger partial charge on any atom is 0.0695 e. The lowest BCUT2D eigenvalue weighted by Gasteiger charge is -2.25. The van der Waals surface area contributed by atoms with Crippen molar-refractivity contribution in [1.29, 1.82) is 0 Å². The van der Waals surface area contributed by atoms with E-state index in [2.05, 4.69) is 6.92 Å². The summed E-state index contributed by atoms with van der Waals surface area (Å²) in [6.07, 6.45) is 4.11. The second-order valence-electron chi connectivity index (χ2n) is 3.08. The number of allylic oxidation sites excluding steroid dienone is 1. The highest BCUT2D eigenvalue weighted by Gasteiger charge is 2.17. The normalized spacial score (nSPS) is 29.2. The number of hydrogen-bond acceptors (Lipinski definition) is 1. The maximum atomic E-state index is 8.90. The van der Waals surface area contributed by atoms with Crippen molar-refractivity contribution in [3.63, 3.8) is 0 Å². The smallest absolute Gasteiger partial charge is 0.0695 e. The molecule has 1 heteroatoms. The third-order valence-electron chi connectivity index (χ3n) is 1.70. The highest BCUT2D eigenvalue weighted by molar-refractivity contribution is 5.13. The third kappa shape index (κ3) is 1.83. The standard InChI is InChI=1S/C8H14O/c1-6-3-8(4-6)5-7(2)9/h5-7,9H,3-4H2,1-2H3. The second-order valence-corrected chi connectivity index (χ2v) is 3.08. The summed E-state index contributed by atoms with van der Waals surface area (Å²) in [4.78, 5) is 0. The van der Waals surface area contributed by atoms with Crippen molar-refractivity contribution >= 4 is 0 Å². The van der Waals surface area contributed by atoms with E-state index in [0.717, 1.165) is 5.92 Å². The molecule has 0 radical (unpaired) electrons. The Morgan fingerprint density at radius 2 is 2.22 bits per heavy atom. The van der Waals surface area contributed by atoms with Gasteiger partial charge in [0.05, 0.1) is 6.10 Å². The van der Waals surface area contributed by atoms with E-state index in [9.17, 15) is 0 Å². The van der Waals surface area contributed by atoms with Gasteiger partial charge in [0.25, 0.3) is 0 Å². The van der Waals surface area contributed by atoms with Gasteiger partial charge in [0.2, 0.25) is 0 Å². The van der Waals surface area contributed by atoms with Gasteiger partial charge < -0.3 is 5.11 Å². The topological polar surface area (TPSA) is 20.2 Å². The van der Waals surface area contributed by atoms with Gasteiger partial charge in [-0.1, -0.05) is 18.6 Å². The average Bonchev–Trinajstić information content (AvgIpc) is 1.60. The summed E-state index contributed by atoms with van der Waals surface area (Å²) in [5, 5.41) is 8.90. The molecule has 0 saturated heterocycles. The van der Waals surface area contributed by atoms with Crippen molar-refractivity contribution < 1.29 is 5.11 Å². The van der Waals surface area contributed by atoms with Crippen molar-refractivity contribution in [3.05, 3.63) is 11.6 Å². The quantitative estimate of drug-likeness (QED) is 0.530. The SMILES string of the molecule is CC(O)C=C1CC(C)C1. The second kappa shape index (κ2) is 2.53. The lowest BCUT2D eigenvalue weighted by molar-refractivity contribution is 0.240. The minimum Gasteiger partial charge on any atom is -0.389 e. The zero-order valence-electron chi connectivity index (χ0n) is 6.09. The molecule has 1 aliphatic carbocycles. The number of aliphatic hydroxyl groups excluding tert-OH is 1. The molecule has 0 aromatic carbocycles. The fraction of sp³-hybridized carbons (Fsp3) is 0.750. The zero-order chi connectivity index (χ0) is 6.85. The van der Waals surface area contributed by atoms with Gasteiger partial charge in [-0.15, -0.1) is 0 Å². The van der Waals surface area contributed by atoms with E-state index in [1.54, 1.807) is 6.92 Å². The molecule has 1 rings (SSSR count). The van der Waals surface area contributed by atoms with Crippen LogP contribution in [0.15, 0.2) is 11.6 Å². The van der Waals surface area contributed by atoms with Crippen LogP contribution < -0.4 is 0 Å². The molecule has 0 bridgehead atoms. The van der Waals surface area contributed by atoms with Crippen molar-refractivity contribution in [2.75, 3.05) is 0 Å². The van der Waals surface area contributed by atoms with Gasteiger partial charge >= 0.3 is 0 Å². The van der Waals surface area contributed by atoms with Gasteiger partial charge in [0, 0.05) is 0 Å². The monoisotopic (exact) mass is 126 g/mol. The van der Waals surface area contributed by atoms with E-state index >= 15 is 0 Å². The van der Waals surface area contributed by atoms with E-state index < -0.39 is 0 Å². The van der Waals surface area contributed by atoms with Crippen molar-refractivity contribution in [2.24, 2.45) is 5.92 Å². The zero-order valence-corrected chi connectivity index (χ0v) is 6.09. The first-order valence-electron chi connectivity index (χ1n) is 3.56. The predicted molar refractivity (Wildman–Crippen MR) is 38.2 cm³/mol.